The molecule has 3 unspecified atom stereocenters. The molecule has 4 nitrogen and oxygen atoms in total. The molecule has 0 aromatic heterocycles. The van der Waals surface area contributed by atoms with Crippen molar-refractivity contribution in [2.24, 2.45) is 5.92 Å². The molecule has 0 spiro atoms. The summed E-state index contributed by atoms with van der Waals surface area (Å²) in [5, 5.41) is 12.4. The first-order valence-corrected chi connectivity index (χ1v) is 6.62. The summed E-state index contributed by atoms with van der Waals surface area (Å²) in [6, 6.07) is 3.26. The number of hydrogen-bond acceptors (Lipinski definition) is 4. The summed E-state index contributed by atoms with van der Waals surface area (Å²) in [6.45, 7) is 10.8. The fraction of sp³-hybridized carbons (Fsp3) is 0.923. The molecule has 0 radical (unpaired) electrons. The third kappa shape index (κ3) is 5.03. The smallest absolute Gasteiger partial charge is 0.0666 e. The predicted molar refractivity (Wildman–Crippen MR) is 68.7 cm³/mol. The molecule has 3 atom stereocenters. The van der Waals surface area contributed by atoms with Gasteiger partial charge in [-0.1, -0.05) is 6.92 Å². The van der Waals surface area contributed by atoms with Crippen LogP contribution in [0.15, 0.2) is 0 Å². The van der Waals surface area contributed by atoms with Gasteiger partial charge >= 0.3 is 0 Å². The number of nitriles is 1. The quantitative estimate of drug-likeness (QED) is 0.757. The first-order valence-electron chi connectivity index (χ1n) is 6.62. The topological polar surface area (TPSA) is 48.3 Å². The lowest BCUT2D eigenvalue weighted by atomic mass is 10.1. The highest BCUT2D eigenvalue weighted by molar-refractivity contribution is 4.84. The molecular formula is C13H25N3O. The normalized spacial score (nSPS) is 24.3. The largest absolute Gasteiger partial charge is 0.379 e. The molecule has 98 valence electrons. The van der Waals surface area contributed by atoms with E-state index in [2.05, 4.69) is 30.1 Å². The minimum atomic E-state index is 0.105. The Kier molecular flexibility index (Phi) is 6.49. The second-order valence-electron chi connectivity index (χ2n) is 4.93. The Hall–Kier alpha value is -0.630. The van der Waals surface area contributed by atoms with Crippen molar-refractivity contribution in [2.75, 3.05) is 32.8 Å². The standard InChI is InChI=1S/C13H25N3O/c1-4-16(9-11(2)8-14)12(3)7-13-10-17-6-5-15-13/h11-13,15H,4-7,9-10H2,1-3H3. The molecule has 17 heavy (non-hydrogen) atoms. The lowest BCUT2D eigenvalue weighted by molar-refractivity contribution is 0.0616. The Labute approximate surface area is 105 Å². The second-order valence-corrected chi connectivity index (χ2v) is 4.93. The molecule has 4 heteroatoms. The van der Waals surface area contributed by atoms with Gasteiger partial charge in [0.25, 0.3) is 0 Å². The van der Waals surface area contributed by atoms with Crippen LogP contribution in [-0.4, -0.2) is 49.8 Å². The summed E-state index contributed by atoms with van der Waals surface area (Å²) < 4.78 is 5.47. The summed E-state index contributed by atoms with van der Waals surface area (Å²) in [4.78, 5) is 2.38. The molecule has 0 aliphatic carbocycles. The van der Waals surface area contributed by atoms with Crippen molar-refractivity contribution in [1.82, 2.24) is 10.2 Å². The maximum Gasteiger partial charge on any atom is 0.0666 e. The van der Waals surface area contributed by atoms with Gasteiger partial charge in [0.15, 0.2) is 0 Å². The summed E-state index contributed by atoms with van der Waals surface area (Å²) in [5.74, 6) is 0.105. The second kappa shape index (κ2) is 7.65. The highest BCUT2D eigenvalue weighted by Crippen LogP contribution is 2.11. The average Bonchev–Trinajstić information content (AvgIpc) is 2.36. The average molecular weight is 239 g/mol. The van der Waals surface area contributed by atoms with E-state index in [1.54, 1.807) is 0 Å². The van der Waals surface area contributed by atoms with Crippen molar-refractivity contribution < 1.29 is 4.74 Å². The van der Waals surface area contributed by atoms with E-state index in [-0.39, 0.29) is 5.92 Å². The maximum absolute atomic E-state index is 8.87. The van der Waals surface area contributed by atoms with E-state index in [9.17, 15) is 0 Å². The van der Waals surface area contributed by atoms with Crippen LogP contribution in [0.4, 0.5) is 0 Å². The van der Waals surface area contributed by atoms with Crippen molar-refractivity contribution in [3.63, 3.8) is 0 Å². The van der Waals surface area contributed by atoms with Crippen LogP contribution in [0, 0.1) is 17.2 Å². The molecule has 0 amide bonds. The van der Waals surface area contributed by atoms with Crippen molar-refractivity contribution in [2.45, 2.75) is 39.3 Å². The van der Waals surface area contributed by atoms with E-state index >= 15 is 0 Å². The van der Waals surface area contributed by atoms with Gasteiger partial charge < -0.3 is 10.1 Å². The van der Waals surface area contributed by atoms with Crippen LogP contribution in [0.1, 0.15) is 27.2 Å². The monoisotopic (exact) mass is 239 g/mol. The van der Waals surface area contributed by atoms with Gasteiger partial charge in [0.1, 0.15) is 0 Å². The first-order chi connectivity index (χ1) is 8.17. The molecule has 1 aliphatic rings. The predicted octanol–water partition coefficient (Wildman–Crippen LogP) is 1.23. The lowest BCUT2D eigenvalue weighted by Gasteiger charge is -2.33. The summed E-state index contributed by atoms with van der Waals surface area (Å²) >= 11 is 0. The van der Waals surface area contributed by atoms with Gasteiger partial charge in [-0.3, -0.25) is 4.90 Å². The zero-order valence-corrected chi connectivity index (χ0v) is 11.3. The highest BCUT2D eigenvalue weighted by Gasteiger charge is 2.20. The molecule has 1 aliphatic heterocycles. The summed E-state index contributed by atoms with van der Waals surface area (Å²) in [6.07, 6.45) is 1.09. The number of morpholine rings is 1. The van der Waals surface area contributed by atoms with Gasteiger partial charge in [-0.25, -0.2) is 0 Å². The van der Waals surface area contributed by atoms with Crippen LogP contribution >= 0.6 is 0 Å². The molecule has 1 heterocycles. The molecule has 1 N–H and O–H groups in total. The van der Waals surface area contributed by atoms with Gasteiger partial charge in [-0.15, -0.1) is 0 Å². The van der Waals surface area contributed by atoms with Crippen LogP contribution in [-0.2, 0) is 4.74 Å². The lowest BCUT2D eigenvalue weighted by Crippen LogP contribution is -2.46. The number of hydrogen-bond donors (Lipinski definition) is 1. The minimum Gasteiger partial charge on any atom is -0.379 e. The Morgan fingerprint density at radius 2 is 2.29 bits per heavy atom. The van der Waals surface area contributed by atoms with Crippen LogP contribution in [0.2, 0.25) is 0 Å². The Morgan fingerprint density at radius 3 is 2.82 bits per heavy atom. The van der Waals surface area contributed by atoms with Crippen LogP contribution in [0.3, 0.4) is 0 Å². The van der Waals surface area contributed by atoms with Gasteiger partial charge in [-0.2, -0.15) is 5.26 Å². The minimum absolute atomic E-state index is 0.105. The Bertz CT molecular complexity index is 246. The van der Waals surface area contributed by atoms with E-state index < -0.39 is 0 Å². The molecule has 0 aromatic carbocycles. The highest BCUT2D eigenvalue weighted by atomic mass is 16.5. The molecular weight excluding hydrogens is 214 g/mol. The molecule has 0 aromatic rings. The van der Waals surface area contributed by atoms with Gasteiger partial charge in [0.2, 0.25) is 0 Å². The van der Waals surface area contributed by atoms with E-state index in [0.29, 0.717) is 12.1 Å². The number of rotatable bonds is 6. The maximum atomic E-state index is 8.87. The molecule has 0 saturated carbocycles. The number of nitrogens with zero attached hydrogens (tertiary/aromatic N) is 2. The SMILES string of the molecule is CCN(CC(C)C#N)C(C)CC1COCCN1. The van der Waals surface area contributed by atoms with Gasteiger partial charge in [0.05, 0.1) is 25.2 Å². The molecule has 1 saturated heterocycles. The number of nitrogens with one attached hydrogen (secondary N) is 1. The third-order valence-electron chi connectivity index (χ3n) is 3.38. The van der Waals surface area contributed by atoms with Crippen molar-refractivity contribution >= 4 is 0 Å². The van der Waals surface area contributed by atoms with Crippen LogP contribution < -0.4 is 5.32 Å². The van der Waals surface area contributed by atoms with E-state index in [0.717, 1.165) is 39.3 Å². The fourth-order valence-electron chi connectivity index (χ4n) is 2.35. The van der Waals surface area contributed by atoms with Gasteiger partial charge in [0, 0.05) is 25.2 Å². The first kappa shape index (κ1) is 14.4. The zero-order valence-electron chi connectivity index (χ0n) is 11.3. The van der Waals surface area contributed by atoms with Gasteiger partial charge in [-0.05, 0) is 26.8 Å². The number of ether oxygens (including phenoxy) is 1. The summed E-state index contributed by atoms with van der Waals surface area (Å²) in [7, 11) is 0. The molecule has 0 bridgehead atoms. The zero-order chi connectivity index (χ0) is 12.7. The van der Waals surface area contributed by atoms with E-state index in [4.69, 9.17) is 10.00 Å². The fourth-order valence-corrected chi connectivity index (χ4v) is 2.35. The van der Waals surface area contributed by atoms with E-state index in [1.807, 2.05) is 6.92 Å². The van der Waals surface area contributed by atoms with Crippen molar-refractivity contribution in [3.05, 3.63) is 0 Å². The van der Waals surface area contributed by atoms with E-state index in [1.165, 1.54) is 0 Å². The summed E-state index contributed by atoms with van der Waals surface area (Å²) in [5.41, 5.74) is 0. The Balaban J connectivity index is 2.37. The third-order valence-corrected chi connectivity index (χ3v) is 3.38. The van der Waals surface area contributed by atoms with Crippen molar-refractivity contribution in [1.29, 1.82) is 5.26 Å². The molecule has 1 fully saturated rings. The van der Waals surface area contributed by atoms with Crippen LogP contribution in [0.25, 0.3) is 0 Å². The van der Waals surface area contributed by atoms with Crippen molar-refractivity contribution in [3.8, 4) is 6.07 Å². The van der Waals surface area contributed by atoms with Crippen LogP contribution in [0.5, 0.6) is 0 Å². The molecule has 1 rings (SSSR count). The Morgan fingerprint density at radius 1 is 1.53 bits per heavy atom.